The van der Waals surface area contributed by atoms with Gasteiger partial charge < -0.3 is 19.9 Å². The van der Waals surface area contributed by atoms with Crippen molar-refractivity contribution in [3.63, 3.8) is 0 Å². The van der Waals surface area contributed by atoms with E-state index in [0.717, 1.165) is 64.2 Å². The second-order valence-corrected chi connectivity index (χ2v) is 16.1. The molecule has 2 unspecified atom stereocenters. The van der Waals surface area contributed by atoms with E-state index < -0.39 is 0 Å². The Hall–Kier alpha value is -1.14. The summed E-state index contributed by atoms with van der Waals surface area (Å²) in [7, 11) is 0. The molecule has 1 heterocycles. The van der Waals surface area contributed by atoms with Crippen LogP contribution in [0.25, 0.3) is 0 Å². The van der Waals surface area contributed by atoms with Gasteiger partial charge in [0.15, 0.2) is 0 Å². The van der Waals surface area contributed by atoms with Crippen molar-refractivity contribution in [3.05, 3.63) is 0 Å². The summed E-state index contributed by atoms with van der Waals surface area (Å²) < 4.78 is 11.8. The minimum absolute atomic E-state index is 0.0131. The fourth-order valence-corrected chi connectivity index (χ4v) is 7.10. The van der Waals surface area contributed by atoms with Gasteiger partial charge in [-0.05, 0) is 76.0 Å². The van der Waals surface area contributed by atoms with Crippen LogP contribution in [0.5, 0.6) is 0 Å². The van der Waals surface area contributed by atoms with Crippen LogP contribution < -0.4 is 5.32 Å². The molecule has 2 fully saturated rings. The van der Waals surface area contributed by atoms with Crippen molar-refractivity contribution in [2.45, 2.75) is 176 Å². The largest absolute Gasteiger partial charge is 0.462 e. The lowest BCUT2D eigenvalue weighted by Crippen LogP contribution is -2.59. The normalized spacial score (nSPS) is 27.7. The summed E-state index contributed by atoms with van der Waals surface area (Å²) in [5, 5.41) is 14.7. The van der Waals surface area contributed by atoms with E-state index in [4.69, 9.17) is 9.47 Å². The highest BCUT2D eigenvalue weighted by atomic mass is 16.5. The molecule has 0 spiro atoms. The van der Waals surface area contributed by atoms with Crippen LogP contribution in [0.4, 0.5) is 0 Å². The fraction of sp³-hybridized carbons (Fsp3) is 0.939. The van der Waals surface area contributed by atoms with Gasteiger partial charge in [-0.2, -0.15) is 0 Å². The maximum atomic E-state index is 12.6. The van der Waals surface area contributed by atoms with E-state index in [9.17, 15) is 14.7 Å². The first kappa shape index (κ1) is 34.1. The van der Waals surface area contributed by atoms with Gasteiger partial charge >= 0.3 is 11.9 Å². The minimum atomic E-state index is -0.370. The second-order valence-electron chi connectivity index (χ2n) is 16.1. The number of aliphatic hydroxyl groups excluding tert-OH is 1. The topological polar surface area (TPSA) is 84.9 Å². The Labute approximate surface area is 239 Å². The SMILES string of the molecule is CC1(C)CC(OC(=O)CCCCCCCCC(=O)OC2CC(C(C)(C)C)C(O)C(C(C)(C)C)C2)CC(C)(C)N1. The predicted octanol–water partition coefficient (Wildman–Crippen LogP) is 7.35. The quantitative estimate of drug-likeness (QED) is 0.206. The molecule has 0 radical (unpaired) electrons. The summed E-state index contributed by atoms with van der Waals surface area (Å²) in [5.41, 5.74) is -0.124. The molecule has 0 bridgehead atoms. The first-order valence-electron chi connectivity index (χ1n) is 15.7. The number of aliphatic hydroxyl groups is 1. The number of esters is 2. The molecule has 2 atom stereocenters. The number of ether oxygens (including phenoxy) is 2. The van der Waals surface area contributed by atoms with Crippen molar-refractivity contribution in [3.8, 4) is 0 Å². The van der Waals surface area contributed by atoms with Gasteiger partial charge in [-0.1, -0.05) is 67.2 Å². The number of carbonyl (C=O) groups excluding carboxylic acids is 2. The molecule has 0 aromatic rings. The van der Waals surface area contributed by atoms with Crippen LogP contribution in [0.15, 0.2) is 0 Å². The highest BCUT2D eigenvalue weighted by molar-refractivity contribution is 5.69. The molecule has 6 nitrogen and oxygen atoms in total. The van der Waals surface area contributed by atoms with E-state index in [2.05, 4.69) is 74.6 Å². The van der Waals surface area contributed by atoms with E-state index in [-0.39, 0.29) is 64.0 Å². The summed E-state index contributed by atoms with van der Waals surface area (Å²) in [5.74, 6) is 0.0467. The van der Waals surface area contributed by atoms with Crippen LogP contribution in [0.2, 0.25) is 0 Å². The van der Waals surface area contributed by atoms with Crippen molar-refractivity contribution in [1.29, 1.82) is 0 Å². The molecule has 6 heteroatoms. The zero-order valence-corrected chi connectivity index (χ0v) is 27.0. The molecular formula is C33H61NO5. The van der Waals surface area contributed by atoms with Crippen LogP contribution >= 0.6 is 0 Å². The van der Waals surface area contributed by atoms with Gasteiger partial charge in [0.25, 0.3) is 0 Å². The number of rotatable bonds is 11. The van der Waals surface area contributed by atoms with Gasteiger partial charge in [-0.25, -0.2) is 0 Å². The number of piperidine rings is 1. The summed E-state index contributed by atoms with van der Waals surface area (Å²) in [6.45, 7) is 21.7. The third-order valence-electron chi connectivity index (χ3n) is 8.84. The maximum Gasteiger partial charge on any atom is 0.306 e. The van der Waals surface area contributed by atoms with Crippen molar-refractivity contribution >= 4 is 11.9 Å². The number of nitrogens with one attached hydrogen (secondary N) is 1. The summed E-state index contributed by atoms with van der Waals surface area (Å²) in [4.78, 5) is 25.0. The number of carbonyl (C=O) groups is 2. The Kier molecular flexibility index (Phi) is 11.9. The van der Waals surface area contributed by atoms with E-state index in [1.54, 1.807) is 0 Å². The molecule has 1 aliphatic heterocycles. The summed E-state index contributed by atoms with van der Waals surface area (Å²) in [6, 6.07) is 0. The molecule has 39 heavy (non-hydrogen) atoms. The Morgan fingerprint density at radius 2 is 1.05 bits per heavy atom. The summed E-state index contributed by atoms with van der Waals surface area (Å²) >= 11 is 0. The zero-order valence-electron chi connectivity index (χ0n) is 27.0. The van der Waals surface area contributed by atoms with Crippen LogP contribution in [-0.2, 0) is 19.1 Å². The molecule has 1 aliphatic carbocycles. The molecule has 1 saturated carbocycles. The summed E-state index contributed by atoms with van der Waals surface area (Å²) in [6.07, 6.45) is 9.44. The lowest BCUT2D eigenvalue weighted by atomic mass is 9.60. The van der Waals surface area contributed by atoms with Crippen LogP contribution in [0, 0.1) is 22.7 Å². The molecule has 1 saturated heterocycles. The van der Waals surface area contributed by atoms with Crippen molar-refractivity contribution in [2.75, 3.05) is 0 Å². The van der Waals surface area contributed by atoms with E-state index >= 15 is 0 Å². The zero-order chi connectivity index (χ0) is 29.6. The van der Waals surface area contributed by atoms with Gasteiger partial charge in [0, 0.05) is 36.8 Å². The first-order valence-corrected chi connectivity index (χ1v) is 15.7. The van der Waals surface area contributed by atoms with E-state index in [1.807, 2.05) is 0 Å². The average Bonchev–Trinajstić information content (AvgIpc) is 2.72. The fourth-order valence-electron chi connectivity index (χ4n) is 7.10. The molecule has 0 aromatic heterocycles. The molecule has 228 valence electrons. The monoisotopic (exact) mass is 551 g/mol. The smallest absolute Gasteiger partial charge is 0.306 e. The average molecular weight is 552 g/mol. The van der Waals surface area contributed by atoms with Gasteiger partial charge in [0.2, 0.25) is 0 Å². The van der Waals surface area contributed by atoms with Crippen molar-refractivity contribution in [2.24, 2.45) is 22.7 Å². The molecule has 2 rings (SSSR count). The number of hydrogen-bond donors (Lipinski definition) is 2. The van der Waals surface area contributed by atoms with Crippen LogP contribution in [0.3, 0.4) is 0 Å². The van der Waals surface area contributed by atoms with Crippen molar-refractivity contribution < 1.29 is 24.2 Å². The molecule has 2 aliphatic rings. The highest BCUT2D eigenvalue weighted by Crippen LogP contribution is 2.47. The van der Waals surface area contributed by atoms with Gasteiger partial charge in [0.1, 0.15) is 12.2 Å². The third kappa shape index (κ3) is 11.7. The Balaban J connectivity index is 1.61. The number of hydrogen-bond acceptors (Lipinski definition) is 6. The van der Waals surface area contributed by atoms with Gasteiger partial charge in [-0.3, -0.25) is 9.59 Å². The maximum absolute atomic E-state index is 12.6. The van der Waals surface area contributed by atoms with Gasteiger partial charge in [-0.15, -0.1) is 0 Å². The van der Waals surface area contributed by atoms with Crippen LogP contribution in [0.1, 0.15) is 146 Å². The molecule has 0 aromatic carbocycles. The lowest BCUT2D eigenvalue weighted by Gasteiger charge is -2.48. The Morgan fingerprint density at radius 1 is 0.692 bits per heavy atom. The predicted molar refractivity (Wildman–Crippen MR) is 158 cm³/mol. The first-order chi connectivity index (χ1) is 17.8. The second kappa shape index (κ2) is 13.7. The highest BCUT2D eigenvalue weighted by Gasteiger charge is 2.47. The molecule has 0 amide bonds. The Bertz CT molecular complexity index is 751. The lowest BCUT2D eigenvalue weighted by molar-refractivity contribution is -0.163. The third-order valence-corrected chi connectivity index (χ3v) is 8.84. The van der Waals surface area contributed by atoms with E-state index in [1.165, 1.54) is 0 Å². The molecular weight excluding hydrogens is 490 g/mol. The van der Waals surface area contributed by atoms with Gasteiger partial charge in [0.05, 0.1) is 6.10 Å². The molecule has 2 N–H and O–H groups in total. The number of unbranched alkanes of at least 4 members (excludes halogenated alkanes) is 5. The van der Waals surface area contributed by atoms with E-state index in [0.29, 0.717) is 12.8 Å². The minimum Gasteiger partial charge on any atom is -0.462 e. The van der Waals surface area contributed by atoms with Crippen LogP contribution in [-0.4, -0.2) is 46.4 Å². The Morgan fingerprint density at radius 3 is 1.44 bits per heavy atom. The standard InChI is InChI=1S/C33H61NO5/c1-30(2,3)25-19-23(20-26(29(25)37)31(4,5)6)38-27(35)17-15-13-11-12-14-16-18-28(36)39-24-21-32(7,8)34-33(9,10)22-24/h23-26,29,34,37H,11-22H2,1-10H3. The van der Waals surface area contributed by atoms with Crippen molar-refractivity contribution in [1.82, 2.24) is 5.32 Å².